The average molecular weight is 475 g/mol. The van der Waals surface area contributed by atoms with E-state index in [9.17, 15) is 10.1 Å². The van der Waals surface area contributed by atoms with E-state index in [1.54, 1.807) is 12.1 Å². The van der Waals surface area contributed by atoms with Crippen LogP contribution >= 0.6 is 11.6 Å². The number of hydrogen-bond acceptors (Lipinski definition) is 4. The monoisotopic (exact) mass is 474 g/mol. The highest BCUT2D eigenvalue weighted by Gasteiger charge is 2.20. The number of nitrogens with one attached hydrogen (secondary N) is 1. The molecule has 0 aliphatic heterocycles. The van der Waals surface area contributed by atoms with E-state index in [-0.39, 0.29) is 17.5 Å². The molecule has 0 radical (unpaired) electrons. The van der Waals surface area contributed by atoms with Crippen LogP contribution in [0.5, 0.6) is 11.5 Å². The van der Waals surface area contributed by atoms with Gasteiger partial charge < -0.3 is 14.8 Å². The maximum absolute atomic E-state index is 12.6. The van der Waals surface area contributed by atoms with E-state index in [1.807, 2.05) is 31.2 Å². The van der Waals surface area contributed by atoms with Gasteiger partial charge in [0.2, 0.25) is 0 Å². The fourth-order valence-electron chi connectivity index (χ4n) is 4.21. The van der Waals surface area contributed by atoms with Crippen molar-refractivity contribution < 1.29 is 14.3 Å². The van der Waals surface area contributed by atoms with Crippen LogP contribution in [0.2, 0.25) is 5.02 Å². The van der Waals surface area contributed by atoms with E-state index in [0.717, 1.165) is 36.6 Å². The van der Waals surface area contributed by atoms with Crippen LogP contribution in [0.1, 0.15) is 43.7 Å². The third kappa shape index (κ3) is 5.70. The summed E-state index contributed by atoms with van der Waals surface area (Å²) in [5.41, 5.74) is 1.65. The molecule has 0 aromatic heterocycles. The maximum Gasteiger partial charge on any atom is 0.262 e. The van der Waals surface area contributed by atoms with Gasteiger partial charge in [0, 0.05) is 6.04 Å². The molecule has 0 unspecified atom stereocenters. The number of benzene rings is 3. The number of halogens is 1. The number of hydrogen-bond donors (Lipinski definition) is 1. The minimum Gasteiger partial charge on any atom is -0.490 e. The average Bonchev–Trinajstić information content (AvgIpc) is 3.35. The van der Waals surface area contributed by atoms with Crippen molar-refractivity contribution >= 4 is 34.4 Å². The number of nitriles is 1. The number of fused-ring (bicyclic) bond motifs is 1. The SMILES string of the molecule is CCOc1cc(/C=C(/C#N)C(=O)NC2CCCC2)cc(Cl)c1OCc1ccc2ccccc2c1. The molecule has 174 valence electrons. The molecule has 4 rings (SSSR count). The summed E-state index contributed by atoms with van der Waals surface area (Å²) >= 11 is 6.56. The Bertz CT molecular complexity index is 1260. The Balaban J connectivity index is 1.54. The summed E-state index contributed by atoms with van der Waals surface area (Å²) in [6.45, 7) is 2.62. The predicted octanol–water partition coefficient (Wildman–Crippen LogP) is 6.44. The Labute approximate surface area is 204 Å². The second-order valence-corrected chi connectivity index (χ2v) is 8.77. The fourth-order valence-corrected chi connectivity index (χ4v) is 4.48. The Morgan fingerprint density at radius 1 is 1.12 bits per heavy atom. The van der Waals surface area contributed by atoms with Gasteiger partial charge in [-0.3, -0.25) is 4.79 Å². The lowest BCUT2D eigenvalue weighted by molar-refractivity contribution is -0.117. The van der Waals surface area contributed by atoms with Crippen molar-refractivity contribution in [2.45, 2.75) is 45.3 Å². The second kappa shape index (κ2) is 11.1. The summed E-state index contributed by atoms with van der Waals surface area (Å²) in [6.07, 6.45) is 5.64. The zero-order valence-electron chi connectivity index (χ0n) is 19.1. The minimum absolute atomic E-state index is 0.0373. The number of nitrogens with zero attached hydrogens (tertiary/aromatic N) is 1. The molecule has 1 aliphatic carbocycles. The molecule has 0 bridgehead atoms. The zero-order valence-corrected chi connectivity index (χ0v) is 19.9. The lowest BCUT2D eigenvalue weighted by Gasteiger charge is -2.15. The summed E-state index contributed by atoms with van der Waals surface area (Å²) in [6, 6.07) is 19.9. The second-order valence-electron chi connectivity index (χ2n) is 8.36. The van der Waals surface area contributed by atoms with E-state index in [0.29, 0.717) is 35.3 Å². The summed E-state index contributed by atoms with van der Waals surface area (Å²) < 4.78 is 11.8. The highest BCUT2D eigenvalue weighted by atomic mass is 35.5. The molecule has 1 amide bonds. The highest BCUT2D eigenvalue weighted by molar-refractivity contribution is 6.32. The van der Waals surface area contributed by atoms with Crippen molar-refractivity contribution in [1.82, 2.24) is 5.32 Å². The van der Waals surface area contributed by atoms with Crippen LogP contribution < -0.4 is 14.8 Å². The quantitative estimate of drug-likeness (QED) is 0.301. The van der Waals surface area contributed by atoms with E-state index in [4.69, 9.17) is 21.1 Å². The molecule has 0 spiro atoms. The number of rotatable bonds is 8. The normalized spacial score (nSPS) is 14.1. The largest absolute Gasteiger partial charge is 0.490 e. The lowest BCUT2D eigenvalue weighted by atomic mass is 10.1. The van der Waals surface area contributed by atoms with Crippen LogP contribution in [-0.2, 0) is 11.4 Å². The van der Waals surface area contributed by atoms with Gasteiger partial charge in [0.1, 0.15) is 18.2 Å². The maximum atomic E-state index is 12.6. The fraction of sp³-hybridized carbons (Fsp3) is 0.286. The molecular formula is C28H27ClN2O3. The van der Waals surface area contributed by atoms with E-state index in [2.05, 4.69) is 29.6 Å². The standard InChI is InChI=1S/C28H27ClN2O3/c1-2-33-26-16-20(14-23(17-30)28(32)31-24-9-5-6-10-24)15-25(29)27(26)34-18-19-11-12-21-7-3-4-8-22(21)13-19/h3-4,7-8,11-16,24H,2,5-6,9-10,18H2,1H3,(H,31,32)/b23-14-. The molecule has 3 aromatic rings. The molecule has 3 aromatic carbocycles. The van der Waals surface area contributed by atoms with Crippen LogP contribution in [0.3, 0.4) is 0 Å². The molecule has 0 saturated heterocycles. The van der Waals surface area contributed by atoms with Gasteiger partial charge in [-0.15, -0.1) is 0 Å². The Kier molecular flexibility index (Phi) is 7.72. The lowest BCUT2D eigenvalue weighted by Crippen LogP contribution is -2.33. The molecule has 34 heavy (non-hydrogen) atoms. The van der Waals surface area contributed by atoms with Gasteiger partial charge in [-0.1, -0.05) is 60.8 Å². The van der Waals surface area contributed by atoms with Crippen LogP contribution in [0.4, 0.5) is 0 Å². The van der Waals surface area contributed by atoms with Crippen LogP contribution in [0.25, 0.3) is 16.8 Å². The van der Waals surface area contributed by atoms with Crippen molar-refractivity contribution in [1.29, 1.82) is 5.26 Å². The molecule has 1 fully saturated rings. The number of carbonyl (C=O) groups excluding carboxylic acids is 1. The van der Waals surface area contributed by atoms with Crippen molar-refractivity contribution in [3.63, 3.8) is 0 Å². The molecule has 1 saturated carbocycles. The van der Waals surface area contributed by atoms with Crippen LogP contribution in [0, 0.1) is 11.3 Å². The molecular weight excluding hydrogens is 448 g/mol. The van der Waals surface area contributed by atoms with Crippen molar-refractivity contribution in [3.05, 3.63) is 76.3 Å². The first kappa shape index (κ1) is 23.7. The molecule has 1 N–H and O–H groups in total. The van der Waals surface area contributed by atoms with Crippen molar-refractivity contribution in [3.8, 4) is 17.6 Å². The van der Waals surface area contributed by atoms with Crippen LogP contribution in [0.15, 0.2) is 60.2 Å². The van der Waals surface area contributed by atoms with Gasteiger partial charge in [-0.25, -0.2) is 0 Å². The molecule has 0 heterocycles. The predicted molar refractivity (Wildman–Crippen MR) is 135 cm³/mol. The van der Waals surface area contributed by atoms with E-state index < -0.39 is 0 Å². The first-order valence-corrected chi connectivity index (χ1v) is 11.9. The third-order valence-electron chi connectivity index (χ3n) is 5.90. The summed E-state index contributed by atoms with van der Waals surface area (Å²) in [4.78, 5) is 12.6. The molecule has 1 aliphatic rings. The first-order chi connectivity index (χ1) is 16.6. The molecule has 6 heteroatoms. The molecule has 0 atom stereocenters. The first-order valence-electron chi connectivity index (χ1n) is 11.6. The highest BCUT2D eigenvalue weighted by Crippen LogP contribution is 2.38. The van der Waals surface area contributed by atoms with Gasteiger partial charge in [0.05, 0.1) is 11.6 Å². The minimum atomic E-state index is -0.361. The number of amides is 1. The summed E-state index contributed by atoms with van der Waals surface area (Å²) in [5, 5.41) is 15.2. The van der Waals surface area contributed by atoms with Gasteiger partial charge in [-0.05, 0) is 65.9 Å². The van der Waals surface area contributed by atoms with Crippen molar-refractivity contribution in [2.75, 3.05) is 6.61 Å². The summed E-state index contributed by atoms with van der Waals surface area (Å²) in [5.74, 6) is 0.540. The smallest absolute Gasteiger partial charge is 0.262 e. The Morgan fingerprint density at radius 2 is 1.88 bits per heavy atom. The Morgan fingerprint density at radius 3 is 2.62 bits per heavy atom. The third-order valence-corrected chi connectivity index (χ3v) is 6.18. The number of carbonyl (C=O) groups is 1. The summed E-state index contributed by atoms with van der Waals surface area (Å²) in [7, 11) is 0. The zero-order chi connectivity index (χ0) is 23.9. The van der Waals surface area contributed by atoms with E-state index >= 15 is 0 Å². The van der Waals surface area contributed by atoms with Gasteiger partial charge >= 0.3 is 0 Å². The van der Waals surface area contributed by atoms with Crippen LogP contribution in [-0.4, -0.2) is 18.6 Å². The topological polar surface area (TPSA) is 71.3 Å². The van der Waals surface area contributed by atoms with Crippen molar-refractivity contribution in [2.24, 2.45) is 0 Å². The van der Waals surface area contributed by atoms with Gasteiger partial charge in [0.25, 0.3) is 5.91 Å². The van der Waals surface area contributed by atoms with Gasteiger partial charge in [0.15, 0.2) is 11.5 Å². The Hall–Kier alpha value is -3.49. The number of ether oxygens (including phenoxy) is 2. The van der Waals surface area contributed by atoms with E-state index in [1.165, 1.54) is 11.5 Å². The van der Waals surface area contributed by atoms with Gasteiger partial charge in [-0.2, -0.15) is 5.26 Å². The molecule has 5 nitrogen and oxygen atoms in total.